The Bertz CT molecular complexity index is 831. The molecule has 0 saturated carbocycles. The second-order valence-corrected chi connectivity index (χ2v) is 7.45. The lowest BCUT2D eigenvalue weighted by molar-refractivity contribution is 0.0923. The molecule has 1 fully saturated rings. The molecule has 1 amide bonds. The van der Waals surface area contributed by atoms with E-state index in [1.54, 1.807) is 25.3 Å². The van der Waals surface area contributed by atoms with Gasteiger partial charge in [-0.3, -0.25) is 9.69 Å². The van der Waals surface area contributed by atoms with E-state index in [2.05, 4.69) is 22.3 Å². The highest BCUT2D eigenvalue weighted by Crippen LogP contribution is 2.31. The van der Waals surface area contributed by atoms with Gasteiger partial charge >= 0.3 is 0 Å². The van der Waals surface area contributed by atoms with Gasteiger partial charge in [-0.1, -0.05) is 18.6 Å². The highest BCUT2D eigenvalue weighted by atomic mass is 16.6. The average Bonchev–Trinajstić information content (AvgIpc) is 2.80. The van der Waals surface area contributed by atoms with Crippen LogP contribution in [0.2, 0.25) is 0 Å². The van der Waals surface area contributed by atoms with Gasteiger partial charge < -0.3 is 19.5 Å². The van der Waals surface area contributed by atoms with Crippen molar-refractivity contribution in [3.8, 4) is 17.2 Å². The number of nitrogens with zero attached hydrogens (tertiary/aromatic N) is 1. The molecule has 4 rings (SSSR count). The number of benzene rings is 2. The van der Waals surface area contributed by atoms with E-state index in [-0.39, 0.29) is 11.9 Å². The molecule has 0 spiro atoms. The summed E-state index contributed by atoms with van der Waals surface area (Å²) in [7, 11) is 1.67. The molecule has 2 aromatic rings. The van der Waals surface area contributed by atoms with Gasteiger partial charge in [0.05, 0.1) is 13.2 Å². The fourth-order valence-electron chi connectivity index (χ4n) is 3.99. The summed E-state index contributed by atoms with van der Waals surface area (Å²) in [4.78, 5) is 15.3. The molecule has 1 saturated heterocycles. The molecule has 1 N–H and O–H groups in total. The van der Waals surface area contributed by atoms with Crippen molar-refractivity contribution in [2.75, 3.05) is 40.0 Å². The molecule has 2 heterocycles. The van der Waals surface area contributed by atoms with Gasteiger partial charge in [0.15, 0.2) is 11.5 Å². The van der Waals surface area contributed by atoms with Crippen molar-refractivity contribution in [2.45, 2.75) is 25.3 Å². The molecule has 6 nitrogen and oxygen atoms in total. The van der Waals surface area contributed by atoms with Crippen molar-refractivity contribution in [2.24, 2.45) is 0 Å². The SMILES string of the molecule is COc1ccc(C(CNC(=O)c2ccc3c(c2)OCCO3)N2CCCCC2)cc1. The van der Waals surface area contributed by atoms with E-state index in [4.69, 9.17) is 14.2 Å². The molecular formula is C23H28N2O4. The van der Waals surface area contributed by atoms with Crippen LogP contribution in [0.3, 0.4) is 0 Å². The summed E-state index contributed by atoms with van der Waals surface area (Å²) < 4.78 is 16.4. The smallest absolute Gasteiger partial charge is 0.251 e. The molecule has 0 radical (unpaired) electrons. The normalized spacial score (nSPS) is 17.4. The van der Waals surface area contributed by atoms with Crippen LogP contribution in [0, 0.1) is 0 Å². The summed E-state index contributed by atoms with van der Waals surface area (Å²) in [5.41, 5.74) is 1.77. The number of hydrogen-bond donors (Lipinski definition) is 1. The van der Waals surface area contributed by atoms with E-state index in [1.807, 2.05) is 12.1 Å². The van der Waals surface area contributed by atoms with Crippen LogP contribution < -0.4 is 19.5 Å². The summed E-state index contributed by atoms with van der Waals surface area (Å²) in [6.45, 7) is 3.71. The molecule has 6 heteroatoms. The summed E-state index contributed by atoms with van der Waals surface area (Å²) >= 11 is 0. The van der Waals surface area contributed by atoms with E-state index < -0.39 is 0 Å². The Morgan fingerprint density at radius 2 is 1.76 bits per heavy atom. The van der Waals surface area contributed by atoms with Crippen molar-refractivity contribution in [1.82, 2.24) is 10.2 Å². The maximum atomic E-state index is 12.8. The summed E-state index contributed by atoms with van der Waals surface area (Å²) in [6.07, 6.45) is 3.67. The Morgan fingerprint density at radius 3 is 2.48 bits per heavy atom. The molecule has 2 aliphatic rings. The fourth-order valence-corrected chi connectivity index (χ4v) is 3.99. The maximum Gasteiger partial charge on any atom is 0.251 e. The van der Waals surface area contributed by atoms with Crippen molar-refractivity contribution in [3.05, 3.63) is 53.6 Å². The lowest BCUT2D eigenvalue weighted by Gasteiger charge is -2.35. The highest BCUT2D eigenvalue weighted by Gasteiger charge is 2.23. The molecule has 2 aromatic carbocycles. The fraction of sp³-hybridized carbons (Fsp3) is 0.435. The monoisotopic (exact) mass is 396 g/mol. The number of likely N-dealkylation sites (tertiary alicyclic amines) is 1. The zero-order valence-corrected chi connectivity index (χ0v) is 16.9. The number of ether oxygens (including phenoxy) is 3. The molecule has 154 valence electrons. The van der Waals surface area contributed by atoms with Crippen LogP contribution in [-0.2, 0) is 0 Å². The lowest BCUT2D eigenvalue weighted by Crippen LogP contribution is -2.40. The molecule has 1 atom stereocenters. The number of nitrogens with one attached hydrogen (secondary N) is 1. The predicted molar refractivity (Wildman–Crippen MR) is 111 cm³/mol. The van der Waals surface area contributed by atoms with Gasteiger partial charge in [-0.05, 0) is 61.8 Å². The van der Waals surface area contributed by atoms with Gasteiger partial charge in [0.2, 0.25) is 0 Å². The minimum Gasteiger partial charge on any atom is -0.497 e. The zero-order chi connectivity index (χ0) is 20.1. The number of fused-ring (bicyclic) bond motifs is 1. The topological polar surface area (TPSA) is 60.0 Å². The molecular weight excluding hydrogens is 368 g/mol. The second kappa shape index (κ2) is 9.18. The Kier molecular flexibility index (Phi) is 6.20. The maximum absolute atomic E-state index is 12.8. The standard InChI is InChI=1S/C23H28N2O4/c1-27-19-8-5-17(6-9-19)20(25-11-3-2-4-12-25)16-24-23(26)18-7-10-21-22(15-18)29-14-13-28-21/h5-10,15,20H,2-4,11-14,16H2,1H3,(H,24,26). The van der Waals surface area contributed by atoms with Crippen LogP contribution >= 0.6 is 0 Å². The van der Waals surface area contributed by atoms with Gasteiger partial charge in [-0.2, -0.15) is 0 Å². The van der Waals surface area contributed by atoms with E-state index in [0.717, 1.165) is 18.8 Å². The highest BCUT2D eigenvalue weighted by molar-refractivity contribution is 5.94. The van der Waals surface area contributed by atoms with Gasteiger partial charge in [0.25, 0.3) is 5.91 Å². The van der Waals surface area contributed by atoms with Gasteiger partial charge in [0.1, 0.15) is 19.0 Å². The first-order valence-electron chi connectivity index (χ1n) is 10.3. The van der Waals surface area contributed by atoms with Crippen molar-refractivity contribution >= 4 is 5.91 Å². The van der Waals surface area contributed by atoms with Gasteiger partial charge in [-0.25, -0.2) is 0 Å². The minimum absolute atomic E-state index is 0.0995. The third-order valence-electron chi connectivity index (χ3n) is 5.59. The average molecular weight is 396 g/mol. The number of amides is 1. The number of rotatable bonds is 6. The van der Waals surface area contributed by atoms with E-state index >= 15 is 0 Å². The largest absolute Gasteiger partial charge is 0.497 e. The number of carbonyl (C=O) groups excluding carboxylic acids is 1. The van der Waals surface area contributed by atoms with Crippen molar-refractivity contribution in [3.63, 3.8) is 0 Å². The van der Waals surface area contributed by atoms with Crippen LogP contribution in [0.25, 0.3) is 0 Å². The van der Waals surface area contributed by atoms with Crippen molar-refractivity contribution in [1.29, 1.82) is 0 Å². The lowest BCUT2D eigenvalue weighted by atomic mass is 10.0. The second-order valence-electron chi connectivity index (χ2n) is 7.45. The summed E-state index contributed by atoms with van der Waals surface area (Å²) in [6, 6.07) is 13.6. The molecule has 0 aliphatic carbocycles. The first-order chi connectivity index (χ1) is 14.2. The third kappa shape index (κ3) is 4.65. The number of carbonyl (C=O) groups is 1. The van der Waals surface area contributed by atoms with Crippen LogP contribution in [0.4, 0.5) is 0 Å². The summed E-state index contributed by atoms with van der Waals surface area (Å²) in [5, 5.41) is 3.12. The Hall–Kier alpha value is -2.73. The Morgan fingerprint density at radius 1 is 1.03 bits per heavy atom. The first kappa shape index (κ1) is 19.6. The van der Waals surface area contributed by atoms with E-state index in [1.165, 1.54) is 24.8 Å². The third-order valence-corrected chi connectivity index (χ3v) is 5.59. The zero-order valence-electron chi connectivity index (χ0n) is 16.9. The minimum atomic E-state index is -0.0995. The Balaban J connectivity index is 1.47. The molecule has 0 bridgehead atoms. The van der Waals surface area contributed by atoms with Crippen molar-refractivity contribution < 1.29 is 19.0 Å². The summed E-state index contributed by atoms with van der Waals surface area (Å²) in [5.74, 6) is 2.06. The molecule has 2 aliphatic heterocycles. The van der Waals surface area contributed by atoms with Gasteiger partial charge in [-0.15, -0.1) is 0 Å². The Labute approximate surface area is 171 Å². The molecule has 29 heavy (non-hydrogen) atoms. The van der Waals surface area contributed by atoms with E-state index in [0.29, 0.717) is 36.8 Å². The number of hydrogen-bond acceptors (Lipinski definition) is 5. The van der Waals surface area contributed by atoms with Crippen LogP contribution in [0.5, 0.6) is 17.2 Å². The van der Waals surface area contributed by atoms with Crippen LogP contribution in [0.15, 0.2) is 42.5 Å². The number of methoxy groups -OCH3 is 1. The van der Waals surface area contributed by atoms with Gasteiger partial charge in [0, 0.05) is 12.1 Å². The quantitative estimate of drug-likeness (QED) is 0.811. The first-order valence-corrected chi connectivity index (χ1v) is 10.3. The van der Waals surface area contributed by atoms with Crippen LogP contribution in [-0.4, -0.2) is 50.8 Å². The predicted octanol–water partition coefficient (Wildman–Crippen LogP) is 3.42. The molecule has 1 unspecified atom stereocenters. The van der Waals surface area contributed by atoms with Crippen LogP contribution in [0.1, 0.15) is 41.2 Å². The number of piperidine rings is 1. The van der Waals surface area contributed by atoms with E-state index in [9.17, 15) is 4.79 Å². The molecule has 0 aromatic heterocycles.